The largest absolute Gasteiger partial charge is 0.396 e. The van der Waals surface area contributed by atoms with Crippen LogP contribution in [0.1, 0.15) is 0 Å². The first kappa shape index (κ1) is 13.8. The number of hydrogen-bond acceptors (Lipinski definition) is 6. The van der Waals surface area contributed by atoms with Crippen LogP contribution in [-0.2, 0) is 9.47 Å². The molecule has 0 rings (SSSR count). The first-order chi connectivity index (χ1) is 6.79. The molecule has 0 bridgehead atoms. The SMILES string of the molecule is OCOC[C@@H](CO)[C@H](CO)COCO. The van der Waals surface area contributed by atoms with Gasteiger partial charge in [0.2, 0.25) is 0 Å². The van der Waals surface area contributed by atoms with Gasteiger partial charge >= 0.3 is 0 Å². The van der Waals surface area contributed by atoms with E-state index in [0.29, 0.717) is 0 Å². The minimum absolute atomic E-state index is 0.146. The Morgan fingerprint density at radius 1 is 0.714 bits per heavy atom. The van der Waals surface area contributed by atoms with Crippen molar-refractivity contribution < 1.29 is 29.9 Å². The summed E-state index contributed by atoms with van der Waals surface area (Å²) < 4.78 is 9.43. The summed E-state index contributed by atoms with van der Waals surface area (Å²) in [6.45, 7) is -0.884. The molecule has 0 radical (unpaired) electrons. The van der Waals surface area contributed by atoms with Crippen molar-refractivity contribution in [2.45, 2.75) is 0 Å². The molecule has 0 spiro atoms. The zero-order valence-corrected chi connectivity index (χ0v) is 8.00. The van der Waals surface area contributed by atoms with Crippen molar-refractivity contribution in [3.05, 3.63) is 0 Å². The van der Waals surface area contributed by atoms with E-state index in [1.165, 1.54) is 0 Å². The molecular weight excluding hydrogens is 192 g/mol. The van der Waals surface area contributed by atoms with E-state index in [4.69, 9.17) is 29.9 Å². The van der Waals surface area contributed by atoms with Crippen LogP contribution in [0.25, 0.3) is 0 Å². The molecule has 0 aromatic rings. The summed E-state index contributed by atoms with van der Waals surface area (Å²) >= 11 is 0. The molecular formula is C8H18O6. The van der Waals surface area contributed by atoms with E-state index in [2.05, 4.69) is 0 Å². The summed E-state index contributed by atoms with van der Waals surface area (Å²) in [4.78, 5) is 0. The standard InChI is InChI=1S/C8H18O6/c9-1-7(3-13-5-11)8(2-10)4-14-6-12/h7-12H,1-6H2/t7-,8-/m1/s1. The minimum Gasteiger partial charge on any atom is -0.396 e. The summed E-state index contributed by atoms with van der Waals surface area (Å²) in [5, 5.41) is 34.7. The Kier molecular flexibility index (Phi) is 9.16. The maximum Gasteiger partial charge on any atom is 0.143 e. The summed E-state index contributed by atoms with van der Waals surface area (Å²) in [5.41, 5.74) is 0. The van der Waals surface area contributed by atoms with Gasteiger partial charge in [-0.2, -0.15) is 0 Å². The van der Waals surface area contributed by atoms with Crippen LogP contribution >= 0.6 is 0 Å². The predicted molar refractivity (Wildman–Crippen MR) is 47.2 cm³/mol. The van der Waals surface area contributed by atoms with Crippen molar-refractivity contribution in [3.63, 3.8) is 0 Å². The van der Waals surface area contributed by atoms with E-state index in [9.17, 15) is 0 Å². The highest BCUT2D eigenvalue weighted by Crippen LogP contribution is 2.12. The highest BCUT2D eigenvalue weighted by atomic mass is 16.6. The van der Waals surface area contributed by atoms with Gasteiger partial charge < -0.3 is 29.9 Å². The molecule has 0 unspecified atom stereocenters. The molecule has 0 saturated carbocycles. The fourth-order valence-corrected chi connectivity index (χ4v) is 1.08. The van der Waals surface area contributed by atoms with Crippen molar-refractivity contribution in [1.29, 1.82) is 0 Å². The third-order valence-corrected chi connectivity index (χ3v) is 1.98. The van der Waals surface area contributed by atoms with Gasteiger partial charge in [-0.15, -0.1) is 0 Å². The average molecular weight is 210 g/mol. The van der Waals surface area contributed by atoms with Crippen molar-refractivity contribution in [3.8, 4) is 0 Å². The number of rotatable bonds is 9. The van der Waals surface area contributed by atoms with Gasteiger partial charge in [-0.25, -0.2) is 0 Å². The molecule has 6 heteroatoms. The predicted octanol–water partition coefficient (Wildman–Crippen LogP) is -1.86. The maximum atomic E-state index is 8.96. The molecule has 6 nitrogen and oxygen atoms in total. The van der Waals surface area contributed by atoms with Crippen LogP contribution in [-0.4, -0.2) is 60.4 Å². The summed E-state index contributed by atoms with van der Waals surface area (Å²) in [7, 11) is 0. The lowest BCUT2D eigenvalue weighted by molar-refractivity contribution is -0.0726. The fraction of sp³-hybridized carbons (Fsp3) is 1.00. The zero-order chi connectivity index (χ0) is 10.8. The number of ether oxygens (including phenoxy) is 2. The van der Waals surface area contributed by atoms with E-state index in [0.717, 1.165) is 0 Å². The smallest absolute Gasteiger partial charge is 0.143 e. The lowest BCUT2D eigenvalue weighted by atomic mass is 9.95. The fourth-order valence-electron chi connectivity index (χ4n) is 1.08. The molecule has 2 atom stereocenters. The molecule has 0 fully saturated rings. The van der Waals surface area contributed by atoms with E-state index in [1.54, 1.807) is 0 Å². The number of aliphatic hydroxyl groups is 4. The van der Waals surface area contributed by atoms with Crippen LogP contribution in [0, 0.1) is 11.8 Å². The first-order valence-corrected chi connectivity index (χ1v) is 4.39. The Hall–Kier alpha value is -0.240. The molecule has 0 saturated heterocycles. The summed E-state index contributed by atoms with van der Waals surface area (Å²) in [6, 6.07) is 0. The van der Waals surface area contributed by atoms with Gasteiger partial charge in [0.25, 0.3) is 0 Å². The average Bonchev–Trinajstić information content (AvgIpc) is 2.23. The van der Waals surface area contributed by atoms with E-state index in [1.807, 2.05) is 0 Å². The highest BCUT2D eigenvalue weighted by Gasteiger charge is 2.20. The third kappa shape index (κ3) is 5.48. The zero-order valence-electron chi connectivity index (χ0n) is 8.00. The normalized spacial score (nSPS) is 15.4. The van der Waals surface area contributed by atoms with E-state index in [-0.39, 0.29) is 38.3 Å². The third-order valence-electron chi connectivity index (χ3n) is 1.98. The summed E-state index contributed by atoms with van der Waals surface area (Å²) in [5.74, 6) is -0.614. The van der Waals surface area contributed by atoms with Gasteiger partial charge in [0.1, 0.15) is 13.6 Å². The van der Waals surface area contributed by atoms with E-state index < -0.39 is 13.6 Å². The lowest BCUT2D eigenvalue weighted by Gasteiger charge is -2.22. The quantitative estimate of drug-likeness (QED) is 0.333. The Labute approximate surface area is 82.7 Å². The van der Waals surface area contributed by atoms with Crippen molar-refractivity contribution >= 4 is 0 Å². The second-order valence-corrected chi connectivity index (χ2v) is 2.89. The minimum atomic E-state index is -0.421. The Balaban J connectivity index is 3.87. The van der Waals surface area contributed by atoms with Crippen molar-refractivity contribution in [2.75, 3.05) is 40.0 Å². The van der Waals surface area contributed by atoms with E-state index >= 15 is 0 Å². The lowest BCUT2D eigenvalue weighted by Crippen LogP contribution is -2.30. The van der Waals surface area contributed by atoms with Crippen LogP contribution in [0.4, 0.5) is 0 Å². The maximum absolute atomic E-state index is 8.96. The number of hydrogen-bond donors (Lipinski definition) is 4. The Morgan fingerprint density at radius 2 is 1.07 bits per heavy atom. The van der Waals surface area contributed by atoms with Crippen LogP contribution in [0.3, 0.4) is 0 Å². The number of aliphatic hydroxyl groups excluding tert-OH is 4. The van der Waals surface area contributed by atoms with Gasteiger partial charge in [0.15, 0.2) is 0 Å². The molecule has 0 aliphatic carbocycles. The first-order valence-electron chi connectivity index (χ1n) is 4.39. The Morgan fingerprint density at radius 3 is 1.29 bits per heavy atom. The van der Waals surface area contributed by atoms with Crippen LogP contribution in [0.5, 0.6) is 0 Å². The molecule has 14 heavy (non-hydrogen) atoms. The molecule has 0 aliphatic heterocycles. The summed E-state index contributed by atoms with van der Waals surface area (Å²) in [6.07, 6.45) is 0. The second-order valence-electron chi connectivity index (χ2n) is 2.89. The molecule has 4 N–H and O–H groups in total. The molecule has 0 amide bonds. The van der Waals surface area contributed by atoms with Gasteiger partial charge in [-0.05, 0) is 0 Å². The Bertz CT molecular complexity index is 106. The molecule has 0 heterocycles. The molecule has 0 aliphatic rings. The van der Waals surface area contributed by atoms with Crippen LogP contribution < -0.4 is 0 Å². The molecule has 86 valence electrons. The van der Waals surface area contributed by atoms with Gasteiger partial charge in [0.05, 0.1) is 13.2 Å². The van der Waals surface area contributed by atoms with Crippen molar-refractivity contribution in [2.24, 2.45) is 11.8 Å². The topological polar surface area (TPSA) is 99.4 Å². The van der Waals surface area contributed by atoms with Gasteiger partial charge in [-0.1, -0.05) is 0 Å². The van der Waals surface area contributed by atoms with Crippen LogP contribution in [0.2, 0.25) is 0 Å². The van der Waals surface area contributed by atoms with Crippen LogP contribution in [0.15, 0.2) is 0 Å². The monoisotopic (exact) mass is 210 g/mol. The van der Waals surface area contributed by atoms with Gasteiger partial charge in [-0.3, -0.25) is 0 Å². The molecule has 0 aromatic heterocycles. The highest BCUT2D eigenvalue weighted by molar-refractivity contribution is 4.67. The van der Waals surface area contributed by atoms with Crippen molar-refractivity contribution in [1.82, 2.24) is 0 Å². The second kappa shape index (κ2) is 9.32. The van der Waals surface area contributed by atoms with Gasteiger partial charge in [0, 0.05) is 25.0 Å². The molecule has 0 aromatic carbocycles.